The van der Waals surface area contributed by atoms with Gasteiger partial charge in [-0.1, -0.05) is 18.2 Å². The van der Waals surface area contributed by atoms with Crippen LogP contribution in [0.4, 0.5) is 0 Å². The van der Waals surface area contributed by atoms with Crippen LogP contribution in [-0.2, 0) is 10.0 Å². The predicted molar refractivity (Wildman–Crippen MR) is 91.4 cm³/mol. The number of carbonyl (C=O) groups excluding carboxylic acids is 1. The van der Waals surface area contributed by atoms with Crippen molar-refractivity contribution in [2.45, 2.75) is 4.90 Å². The second-order valence-electron chi connectivity index (χ2n) is 5.33. The predicted octanol–water partition coefficient (Wildman–Crippen LogP) is 1.17. The Kier molecular flexibility index (Phi) is 5.20. The first-order valence-corrected chi connectivity index (χ1v) is 9.27. The van der Waals surface area contributed by atoms with Gasteiger partial charge < -0.3 is 14.8 Å². The molecule has 0 saturated carbocycles. The summed E-state index contributed by atoms with van der Waals surface area (Å²) >= 11 is 0. The summed E-state index contributed by atoms with van der Waals surface area (Å²) in [7, 11) is -3.69. The lowest BCUT2D eigenvalue weighted by atomic mass is 10.2. The van der Waals surface area contributed by atoms with Crippen LogP contribution in [0.1, 0.15) is 10.4 Å². The number of benzene rings is 2. The fraction of sp³-hybridized carbons (Fsp3) is 0.235. The van der Waals surface area contributed by atoms with E-state index in [0.717, 1.165) is 0 Å². The summed E-state index contributed by atoms with van der Waals surface area (Å²) in [5.41, 5.74) is 0.525. The van der Waals surface area contributed by atoms with Crippen LogP contribution in [0.15, 0.2) is 53.4 Å². The first-order valence-electron chi connectivity index (χ1n) is 7.79. The Morgan fingerprint density at radius 1 is 0.960 bits per heavy atom. The van der Waals surface area contributed by atoms with Crippen molar-refractivity contribution in [3.8, 4) is 11.5 Å². The second kappa shape index (κ2) is 7.54. The number of hydrogen-bond acceptors (Lipinski definition) is 5. The Bertz CT molecular complexity index is 853. The quantitative estimate of drug-likeness (QED) is 0.753. The monoisotopic (exact) mass is 362 g/mol. The average Bonchev–Trinajstić information content (AvgIpc) is 2.65. The standard InChI is InChI=1S/C17H18N2O5S/c20-17(13-4-2-1-3-5-13)18-8-9-19-25(21,22)14-6-7-15-16(12-14)24-11-10-23-15/h1-7,12,19H,8-11H2,(H,18,20). The maximum Gasteiger partial charge on any atom is 0.251 e. The van der Waals surface area contributed by atoms with Gasteiger partial charge in [-0.15, -0.1) is 0 Å². The van der Waals surface area contributed by atoms with Gasteiger partial charge in [-0.25, -0.2) is 13.1 Å². The molecule has 2 N–H and O–H groups in total. The minimum Gasteiger partial charge on any atom is -0.486 e. The zero-order chi connectivity index (χ0) is 17.7. The molecule has 0 saturated heterocycles. The molecule has 1 aliphatic heterocycles. The molecule has 0 fully saturated rings. The van der Waals surface area contributed by atoms with Gasteiger partial charge >= 0.3 is 0 Å². The molecule has 0 radical (unpaired) electrons. The number of ether oxygens (including phenoxy) is 2. The highest BCUT2D eigenvalue weighted by molar-refractivity contribution is 7.89. The van der Waals surface area contributed by atoms with E-state index in [9.17, 15) is 13.2 Å². The van der Waals surface area contributed by atoms with Gasteiger partial charge in [0.15, 0.2) is 11.5 Å². The van der Waals surface area contributed by atoms with E-state index in [0.29, 0.717) is 30.3 Å². The van der Waals surface area contributed by atoms with E-state index in [2.05, 4.69) is 10.0 Å². The zero-order valence-electron chi connectivity index (χ0n) is 13.4. The molecule has 0 bridgehead atoms. The largest absolute Gasteiger partial charge is 0.486 e. The number of sulfonamides is 1. The van der Waals surface area contributed by atoms with Crippen molar-refractivity contribution >= 4 is 15.9 Å². The molecule has 0 aromatic heterocycles. The average molecular weight is 362 g/mol. The molecule has 3 rings (SSSR count). The number of fused-ring (bicyclic) bond motifs is 1. The Morgan fingerprint density at radius 2 is 1.68 bits per heavy atom. The maximum atomic E-state index is 12.3. The van der Waals surface area contributed by atoms with E-state index in [4.69, 9.17) is 9.47 Å². The highest BCUT2D eigenvalue weighted by atomic mass is 32.2. The molecule has 0 unspecified atom stereocenters. The Hall–Kier alpha value is -2.58. The summed E-state index contributed by atoms with van der Waals surface area (Å²) in [6.07, 6.45) is 0. The van der Waals surface area contributed by atoms with Gasteiger partial charge in [-0.2, -0.15) is 0 Å². The molecule has 25 heavy (non-hydrogen) atoms. The first kappa shape index (κ1) is 17.2. The van der Waals surface area contributed by atoms with Gasteiger partial charge in [-0.05, 0) is 24.3 Å². The highest BCUT2D eigenvalue weighted by Crippen LogP contribution is 2.32. The summed E-state index contributed by atoms with van der Waals surface area (Å²) in [6, 6.07) is 13.2. The number of amides is 1. The van der Waals surface area contributed by atoms with Crippen molar-refractivity contribution in [2.75, 3.05) is 26.3 Å². The molecule has 2 aromatic carbocycles. The smallest absolute Gasteiger partial charge is 0.251 e. The summed E-state index contributed by atoms with van der Waals surface area (Å²) in [5.74, 6) is 0.686. The third-order valence-corrected chi connectivity index (χ3v) is 5.02. The Morgan fingerprint density at radius 3 is 2.44 bits per heavy atom. The lowest BCUT2D eigenvalue weighted by Crippen LogP contribution is -2.34. The number of hydrogen-bond donors (Lipinski definition) is 2. The minimum absolute atomic E-state index is 0.0787. The van der Waals surface area contributed by atoms with Gasteiger partial charge in [0, 0.05) is 24.7 Å². The van der Waals surface area contributed by atoms with Crippen LogP contribution < -0.4 is 19.5 Å². The lowest BCUT2D eigenvalue weighted by molar-refractivity contribution is 0.0954. The van der Waals surface area contributed by atoms with Gasteiger partial charge in [-0.3, -0.25) is 4.79 Å². The van der Waals surface area contributed by atoms with Crippen LogP contribution >= 0.6 is 0 Å². The Labute approximate surface area is 146 Å². The summed E-state index contributed by atoms with van der Waals surface area (Å²) in [5, 5.41) is 2.66. The highest BCUT2D eigenvalue weighted by Gasteiger charge is 2.19. The van der Waals surface area contributed by atoms with Gasteiger partial charge in [0.05, 0.1) is 4.90 Å². The van der Waals surface area contributed by atoms with Gasteiger partial charge in [0.1, 0.15) is 13.2 Å². The number of rotatable bonds is 6. The van der Waals surface area contributed by atoms with Crippen molar-refractivity contribution in [3.63, 3.8) is 0 Å². The molecule has 0 spiro atoms. The normalized spacial score (nSPS) is 13.3. The SMILES string of the molecule is O=C(NCCNS(=O)(=O)c1ccc2c(c1)OCCO2)c1ccccc1. The molecule has 1 heterocycles. The molecule has 0 aliphatic carbocycles. The molecule has 2 aromatic rings. The molecule has 7 nitrogen and oxygen atoms in total. The first-order chi connectivity index (χ1) is 12.1. The van der Waals surface area contributed by atoms with Gasteiger partial charge in [0.2, 0.25) is 10.0 Å². The second-order valence-corrected chi connectivity index (χ2v) is 7.09. The Balaban J connectivity index is 1.54. The van der Waals surface area contributed by atoms with Crippen LogP contribution in [0.3, 0.4) is 0 Å². The van der Waals surface area contributed by atoms with Crippen molar-refractivity contribution in [1.29, 1.82) is 0 Å². The molecule has 1 amide bonds. The topological polar surface area (TPSA) is 93.7 Å². The van der Waals surface area contributed by atoms with E-state index in [1.807, 2.05) is 6.07 Å². The van der Waals surface area contributed by atoms with Crippen molar-refractivity contribution in [1.82, 2.24) is 10.0 Å². The molecule has 132 valence electrons. The zero-order valence-corrected chi connectivity index (χ0v) is 14.2. The third kappa shape index (κ3) is 4.28. The van der Waals surface area contributed by atoms with Gasteiger partial charge in [0.25, 0.3) is 5.91 Å². The molecular formula is C17H18N2O5S. The van der Waals surface area contributed by atoms with Crippen LogP contribution in [0.2, 0.25) is 0 Å². The van der Waals surface area contributed by atoms with Crippen molar-refractivity contribution in [3.05, 3.63) is 54.1 Å². The summed E-state index contributed by atoms with van der Waals surface area (Å²) in [4.78, 5) is 12.0. The summed E-state index contributed by atoms with van der Waals surface area (Å²) in [6.45, 7) is 1.08. The van der Waals surface area contributed by atoms with Crippen LogP contribution in [0.5, 0.6) is 11.5 Å². The molecule has 8 heteroatoms. The lowest BCUT2D eigenvalue weighted by Gasteiger charge is -2.19. The van der Waals surface area contributed by atoms with Crippen LogP contribution in [0.25, 0.3) is 0 Å². The molecular weight excluding hydrogens is 344 g/mol. The van der Waals surface area contributed by atoms with E-state index in [1.165, 1.54) is 12.1 Å². The summed E-state index contributed by atoms with van der Waals surface area (Å²) < 4.78 is 37.8. The number of carbonyl (C=O) groups is 1. The van der Waals surface area contributed by atoms with E-state index in [1.54, 1.807) is 30.3 Å². The number of nitrogens with one attached hydrogen (secondary N) is 2. The van der Waals surface area contributed by atoms with E-state index in [-0.39, 0.29) is 23.9 Å². The fourth-order valence-electron chi connectivity index (χ4n) is 2.33. The third-order valence-electron chi connectivity index (χ3n) is 3.56. The van der Waals surface area contributed by atoms with Crippen LogP contribution in [0, 0.1) is 0 Å². The van der Waals surface area contributed by atoms with E-state index < -0.39 is 10.0 Å². The fourth-order valence-corrected chi connectivity index (χ4v) is 3.37. The van der Waals surface area contributed by atoms with E-state index >= 15 is 0 Å². The maximum absolute atomic E-state index is 12.3. The molecule has 0 atom stereocenters. The molecule has 1 aliphatic rings. The van der Waals surface area contributed by atoms with Crippen molar-refractivity contribution < 1.29 is 22.7 Å². The van der Waals surface area contributed by atoms with Crippen molar-refractivity contribution in [2.24, 2.45) is 0 Å². The minimum atomic E-state index is -3.69. The van der Waals surface area contributed by atoms with Crippen LogP contribution in [-0.4, -0.2) is 40.6 Å².